The number of hydrogen-bond acceptors (Lipinski definition) is 3. The highest BCUT2D eigenvalue weighted by Crippen LogP contribution is 2.21. The average Bonchev–Trinajstić information content (AvgIpc) is 2.69. The maximum absolute atomic E-state index is 12.4. The molecule has 7 nitrogen and oxygen atoms in total. The minimum atomic E-state index is -4.56. The predicted molar refractivity (Wildman–Crippen MR) is 67.4 cm³/mol. The van der Waals surface area contributed by atoms with Crippen molar-refractivity contribution in [2.24, 2.45) is 0 Å². The highest BCUT2D eigenvalue weighted by atomic mass is 19.4. The zero-order chi connectivity index (χ0) is 15.8. The summed E-state index contributed by atoms with van der Waals surface area (Å²) in [5, 5.41) is 14.3. The molecule has 0 saturated heterocycles. The molecule has 2 rings (SSSR count). The molecular formula is C11H11F3N4O3. The van der Waals surface area contributed by atoms with Crippen molar-refractivity contribution < 1.29 is 23.1 Å². The lowest BCUT2D eigenvalue weighted by Gasteiger charge is -2.09. The van der Waals surface area contributed by atoms with Gasteiger partial charge >= 0.3 is 12.3 Å². The quantitative estimate of drug-likeness (QED) is 0.906. The molecule has 2 N–H and O–H groups in total. The summed E-state index contributed by atoms with van der Waals surface area (Å²) in [4.78, 5) is 22.8. The topological polar surface area (TPSA) is 89.2 Å². The van der Waals surface area contributed by atoms with Gasteiger partial charge < -0.3 is 9.67 Å². The van der Waals surface area contributed by atoms with E-state index < -0.39 is 24.4 Å². The predicted octanol–water partition coefficient (Wildman–Crippen LogP) is 1.87. The Balaban J connectivity index is 2.66. The van der Waals surface area contributed by atoms with Gasteiger partial charge in [-0.2, -0.15) is 18.3 Å². The highest BCUT2D eigenvalue weighted by molar-refractivity contribution is 5.96. The molecule has 0 aliphatic carbocycles. The molecular weight excluding hydrogens is 293 g/mol. The molecule has 0 unspecified atom stereocenters. The molecule has 114 valence electrons. The van der Waals surface area contributed by atoms with Crippen molar-refractivity contribution in [1.82, 2.24) is 14.3 Å². The third kappa shape index (κ3) is 2.98. The van der Waals surface area contributed by atoms with Crippen LogP contribution in [0.4, 0.5) is 23.8 Å². The summed E-state index contributed by atoms with van der Waals surface area (Å²) in [7, 11) is 0. The second kappa shape index (κ2) is 5.11. The lowest BCUT2D eigenvalue weighted by atomic mass is 10.3. The van der Waals surface area contributed by atoms with E-state index in [1.54, 1.807) is 6.92 Å². The Kier molecular flexibility index (Phi) is 3.62. The van der Waals surface area contributed by atoms with Crippen molar-refractivity contribution >= 4 is 22.8 Å². The van der Waals surface area contributed by atoms with Crippen LogP contribution in [0, 0.1) is 0 Å². The molecule has 0 radical (unpaired) electrons. The fourth-order valence-corrected chi connectivity index (χ4v) is 1.97. The monoisotopic (exact) mass is 304 g/mol. The number of halogens is 3. The average molecular weight is 304 g/mol. The number of alkyl halides is 3. The summed E-state index contributed by atoms with van der Waals surface area (Å²) >= 11 is 0. The first kappa shape index (κ1) is 14.9. The number of hydrogen-bond donors (Lipinski definition) is 2. The highest BCUT2D eigenvalue weighted by Gasteiger charge is 2.29. The molecule has 10 heteroatoms. The van der Waals surface area contributed by atoms with Crippen LogP contribution >= 0.6 is 0 Å². The number of aryl methyl sites for hydroxylation is 1. The molecule has 0 bridgehead atoms. The first-order valence-corrected chi connectivity index (χ1v) is 5.89. The Morgan fingerprint density at radius 2 is 2.14 bits per heavy atom. The summed E-state index contributed by atoms with van der Waals surface area (Å²) < 4.78 is 39.0. The van der Waals surface area contributed by atoms with Crippen LogP contribution < -0.4 is 10.9 Å². The maximum Gasteiger partial charge on any atom is 0.410 e. The molecule has 0 aliphatic heterocycles. The number of carboxylic acid groups (broad SMARTS) is 1. The molecule has 2 aromatic rings. The lowest BCUT2D eigenvalue weighted by molar-refractivity contribution is -0.141. The van der Waals surface area contributed by atoms with Crippen molar-refractivity contribution in [3.05, 3.63) is 22.6 Å². The van der Waals surface area contributed by atoms with Gasteiger partial charge in [-0.05, 0) is 13.0 Å². The number of carbonyl (C=O) groups is 1. The second-order valence-corrected chi connectivity index (χ2v) is 4.22. The van der Waals surface area contributed by atoms with Crippen molar-refractivity contribution in [2.45, 2.75) is 26.2 Å². The molecule has 0 atom stereocenters. The largest absolute Gasteiger partial charge is 0.465 e. The van der Waals surface area contributed by atoms with Crippen molar-refractivity contribution in [2.75, 3.05) is 5.32 Å². The van der Waals surface area contributed by atoms with Crippen LogP contribution in [0.1, 0.15) is 6.92 Å². The molecule has 0 spiro atoms. The van der Waals surface area contributed by atoms with Crippen LogP contribution in [-0.2, 0) is 13.1 Å². The van der Waals surface area contributed by atoms with E-state index in [2.05, 4.69) is 5.10 Å². The Labute approximate surface area is 115 Å². The van der Waals surface area contributed by atoms with E-state index in [1.165, 1.54) is 10.7 Å². The van der Waals surface area contributed by atoms with Gasteiger partial charge in [-0.15, -0.1) is 0 Å². The molecule has 21 heavy (non-hydrogen) atoms. The Bertz CT molecular complexity index is 747. The minimum Gasteiger partial charge on any atom is -0.465 e. The number of nitrogens with zero attached hydrogens (tertiary/aromatic N) is 3. The molecule has 1 amide bonds. The summed E-state index contributed by atoms with van der Waals surface area (Å²) in [6, 6.07) is 1.30. The van der Waals surface area contributed by atoms with Gasteiger partial charge in [0, 0.05) is 12.7 Å². The minimum absolute atomic E-state index is 0.189. The van der Waals surface area contributed by atoms with E-state index in [4.69, 9.17) is 5.11 Å². The second-order valence-electron chi connectivity index (χ2n) is 4.22. The van der Waals surface area contributed by atoms with Crippen LogP contribution in [0.15, 0.2) is 17.1 Å². The lowest BCUT2D eigenvalue weighted by Crippen LogP contribution is -2.28. The normalized spacial score (nSPS) is 11.8. The number of aromatic nitrogens is 3. The number of nitrogens with one attached hydrogen (secondary N) is 1. The molecule has 0 saturated carbocycles. The summed E-state index contributed by atoms with van der Waals surface area (Å²) in [5.41, 5.74) is -0.682. The molecule has 0 aliphatic rings. The van der Waals surface area contributed by atoms with E-state index in [1.807, 2.05) is 5.32 Å². The molecule has 0 fully saturated rings. The summed E-state index contributed by atoms with van der Waals surface area (Å²) in [6.45, 7) is 0.588. The van der Waals surface area contributed by atoms with Crippen molar-refractivity contribution in [3.8, 4) is 0 Å². The van der Waals surface area contributed by atoms with E-state index in [0.29, 0.717) is 11.1 Å². The van der Waals surface area contributed by atoms with Gasteiger partial charge in [0.1, 0.15) is 11.9 Å². The van der Waals surface area contributed by atoms with E-state index >= 15 is 0 Å². The number of pyridine rings is 1. The van der Waals surface area contributed by atoms with Crippen LogP contribution in [0.5, 0.6) is 0 Å². The number of fused-ring (bicyclic) bond motifs is 1. The zero-order valence-corrected chi connectivity index (χ0v) is 10.8. The SMILES string of the molecule is CCn1nc(NC(=O)O)c2c(=O)n(CC(F)(F)F)ccc21. The van der Waals surface area contributed by atoms with Gasteiger partial charge in [0.05, 0.1) is 5.52 Å². The first-order chi connectivity index (χ1) is 9.73. The van der Waals surface area contributed by atoms with Gasteiger partial charge in [-0.1, -0.05) is 0 Å². The van der Waals surface area contributed by atoms with E-state index in [-0.39, 0.29) is 16.7 Å². The van der Waals surface area contributed by atoms with E-state index in [0.717, 1.165) is 6.20 Å². The fraction of sp³-hybridized carbons (Fsp3) is 0.364. The van der Waals surface area contributed by atoms with Crippen molar-refractivity contribution in [3.63, 3.8) is 0 Å². The summed E-state index contributed by atoms with van der Waals surface area (Å²) in [5.74, 6) is -0.277. The number of rotatable bonds is 3. The smallest absolute Gasteiger partial charge is 0.410 e. The van der Waals surface area contributed by atoms with Gasteiger partial charge in [-0.25, -0.2) is 4.79 Å². The van der Waals surface area contributed by atoms with Crippen molar-refractivity contribution in [1.29, 1.82) is 0 Å². The third-order valence-corrected chi connectivity index (χ3v) is 2.75. The van der Waals surface area contributed by atoms with Crippen LogP contribution in [0.3, 0.4) is 0 Å². The fourth-order valence-electron chi connectivity index (χ4n) is 1.97. The third-order valence-electron chi connectivity index (χ3n) is 2.75. The number of amides is 1. The van der Waals surface area contributed by atoms with Gasteiger partial charge in [0.2, 0.25) is 0 Å². The summed E-state index contributed by atoms with van der Waals surface area (Å²) in [6.07, 6.45) is -5.00. The van der Waals surface area contributed by atoms with Crippen LogP contribution in [0.25, 0.3) is 10.9 Å². The number of anilines is 1. The first-order valence-electron chi connectivity index (χ1n) is 5.89. The zero-order valence-electron chi connectivity index (χ0n) is 10.8. The molecule has 2 aromatic heterocycles. The Morgan fingerprint density at radius 3 is 2.67 bits per heavy atom. The van der Waals surface area contributed by atoms with Gasteiger partial charge in [0.15, 0.2) is 5.82 Å². The van der Waals surface area contributed by atoms with Crippen LogP contribution in [0.2, 0.25) is 0 Å². The Morgan fingerprint density at radius 1 is 1.48 bits per heavy atom. The standard InChI is InChI=1S/C11H11F3N4O3/c1-2-18-6-3-4-17(5-11(12,13)14)9(19)7(6)8(16-18)15-10(20)21/h3-4H,2,5H2,1H3,(H,15,16)(H,20,21). The Hall–Kier alpha value is -2.52. The van der Waals surface area contributed by atoms with Gasteiger partial charge in [0.25, 0.3) is 5.56 Å². The van der Waals surface area contributed by atoms with Crippen LogP contribution in [-0.4, -0.2) is 31.7 Å². The molecule has 2 heterocycles. The van der Waals surface area contributed by atoms with Gasteiger partial charge in [-0.3, -0.25) is 14.8 Å². The maximum atomic E-state index is 12.4. The molecule has 0 aromatic carbocycles. The van der Waals surface area contributed by atoms with E-state index in [9.17, 15) is 22.8 Å².